The first-order valence-corrected chi connectivity index (χ1v) is 7.40. The van der Waals surface area contributed by atoms with Gasteiger partial charge in [-0.25, -0.2) is 10.1 Å². The van der Waals surface area contributed by atoms with E-state index >= 15 is 0 Å². The van der Waals surface area contributed by atoms with Gasteiger partial charge in [0.05, 0.1) is 17.9 Å². The third-order valence-electron chi connectivity index (χ3n) is 3.49. The fourth-order valence-corrected chi connectivity index (χ4v) is 2.28. The molecule has 0 radical (unpaired) electrons. The molecule has 1 amide bonds. The molecule has 26 heavy (non-hydrogen) atoms. The number of fused-ring (bicyclic) bond motifs is 1. The Hall–Kier alpha value is -4.15. The fraction of sp³-hybridized carbons (Fsp3) is 0. The Morgan fingerprint density at radius 2 is 2.19 bits per heavy atom. The molecule has 0 spiro atoms. The fourth-order valence-electron chi connectivity index (χ4n) is 2.28. The highest BCUT2D eigenvalue weighted by molar-refractivity contribution is 5.99. The number of rotatable bonds is 4. The van der Waals surface area contributed by atoms with Crippen molar-refractivity contribution in [2.45, 2.75) is 0 Å². The Morgan fingerprint density at radius 3 is 3.04 bits per heavy atom. The lowest BCUT2D eigenvalue weighted by Gasteiger charge is -2.00. The number of hydrogen-bond acceptors (Lipinski definition) is 9. The number of carbonyl (C=O) groups is 1. The second kappa shape index (κ2) is 6.39. The van der Waals surface area contributed by atoms with Crippen molar-refractivity contribution in [3.05, 3.63) is 54.0 Å². The van der Waals surface area contributed by atoms with Crippen molar-refractivity contribution < 1.29 is 9.42 Å². The number of nitrogens with two attached hydrogens (primary N) is 1. The molecular weight excluding hydrogens is 338 g/mol. The van der Waals surface area contributed by atoms with Crippen LogP contribution in [0.4, 0.5) is 5.82 Å². The summed E-state index contributed by atoms with van der Waals surface area (Å²) in [5, 5.41) is 19.4. The Labute approximate surface area is 145 Å². The molecule has 3 heterocycles. The van der Waals surface area contributed by atoms with Gasteiger partial charge in [-0.1, -0.05) is 23.4 Å². The van der Waals surface area contributed by atoms with Gasteiger partial charge in [0.1, 0.15) is 0 Å². The van der Waals surface area contributed by atoms with Crippen LogP contribution in [0.2, 0.25) is 0 Å². The largest absolute Gasteiger partial charge is 0.378 e. The normalized spacial score (nSPS) is 11.2. The molecule has 0 saturated heterocycles. The number of anilines is 1. The second-order valence-corrected chi connectivity index (χ2v) is 5.14. The summed E-state index contributed by atoms with van der Waals surface area (Å²) in [6, 6.07) is 9.39. The van der Waals surface area contributed by atoms with Crippen LogP contribution in [-0.2, 0) is 0 Å². The predicted octanol–water partition coefficient (Wildman–Crippen LogP) is 0.545. The molecule has 0 saturated carbocycles. The number of pyridine rings is 1. The summed E-state index contributed by atoms with van der Waals surface area (Å²) in [4.78, 5) is 16.4. The number of amides is 1. The maximum atomic E-state index is 12.1. The van der Waals surface area contributed by atoms with E-state index in [1.807, 2.05) is 30.3 Å². The van der Waals surface area contributed by atoms with E-state index in [-0.39, 0.29) is 17.3 Å². The third-order valence-corrected chi connectivity index (χ3v) is 3.49. The van der Waals surface area contributed by atoms with Crippen LogP contribution in [0.15, 0.2) is 52.5 Å². The summed E-state index contributed by atoms with van der Waals surface area (Å²) in [7, 11) is 0. The van der Waals surface area contributed by atoms with Crippen molar-refractivity contribution in [2.24, 2.45) is 5.10 Å². The number of hydrazone groups is 1. The summed E-state index contributed by atoms with van der Waals surface area (Å²) in [5.74, 6) is -0.367. The van der Waals surface area contributed by atoms with Gasteiger partial charge >= 0.3 is 0 Å². The van der Waals surface area contributed by atoms with Gasteiger partial charge < -0.3 is 5.73 Å². The van der Waals surface area contributed by atoms with E-state index in [0.29, 0.717) is 0 Å². The van der Waals surface area contributed by atoms with E-state index in [0.717, 1.165) is 16.5 Å². The van der Waals surface area contributed by atoms with Crippen molar-refractivity contribution in [2.75, 3.05) is 5.73 Å². The molecule has 0 aliphatic rings. The van der Waals surface area contributed by atoms with E-state index in [9.17, 15) is 4.79 Å². The molecule has 0 bridgehead atoms. The molecule has 11 heteroatoms. The zero-order chi connectivity index (χ0) is 17.9. The number of carbonyl (C=O) groups excluding carboxylic acids is 1. The van der Waals surface area contributed by atoms with E-state index in [1.165, 1.54) is 17.1 Å². The van der Waals surface area contributed by atoms with Crippen LogP contribution in [-0.4, -0.2) is 42.4 Å². The lowest BCUT2D eigenvalue weighted by Crippen LogP contribution is -2.18. The first-order valence-electron chi connectivity index (χ1n) is 7.40. The number of nitrogens with one attached hydrogen (secondary N) is 1. The van der Waals surface area contributed by atoms with Crippen LogP contribution >= 0.6 is 0 Å². The van der Waals surface area contributed by atoms with Crippen molar-refractivity contribution in [3.63, 3.8) is 0 Å². The van der Waals surface area contributed by atoms with Gasteiger partial charge in [-0.2, -0.15) is 9.78 Å². The first kappa shape index (κ1) is 15.4. The minimum atomic E-state index is -0.541. The van der Waals surface area contributed by atoms with E-state index < -0.39 is 5.91 Å². The van der Waals surface area contributed by atoms with Crippen molar-refractivity contribution in [3.8, 4) is 5.82 Å². The maximum absolute atomic E-state index is 12.1. The molecule has 4 aromatic rings. The molecular formula is C15H11N9O2. The maximum Gasteiger partial charge on any atom is 0.293 e. The molecule has 4 rings (SSSR count). The highest BCUT2D eigenvalue weighted by Crippen LogP contribution is 2.14. The molecule has 1 aromatic carbocycles. The average molecular weight is 349 g/mol. The summed E-state index contributed by atoms with van der Waals surface area (Å²) >= 11 is 0. The van der Waals surface area contributed by atoms with Gasteiger partial charge in [0.15, 0.2) is 5.69 Å². The third kappa shape index (κ3) is 2.84. The summed E-state index contributed by atoms with van der Waals surface area (Å²) in [6.07, 6.45) is 4.58. The Balaban J connectivity index is 1.49. The van der Waals surface area contributed by atoms with Crippen LogP contribution in [0.3, 0.4) is 0 Å². The lowest BCUT2D eigenvalue weighted by atomic mass is 10.1. The number of nitrogen functional groups attached to an aromatic ring is 1. The number of hydrogen-bond donors (Lipinski definition) is 2. The monoisotopic (exact) mass is 349 g/mol. The van der Waals surface area contributed by atoms with Crippen molar-refractivity contribution in [1.82, 2.24) is 35.7 Å². The van der Waals surface area contributed by atoms with Crippen LogP contribution in [0.1, 0.15) is 16.1 Å². The molecule has 0 aliphatic heterocycles. The van der Waals surface area contributed by atoms with E-state index in [2.05, 4.69) is 40.8 Å². The predicted molar refractivity (Wildman–Crippen MR) is 90.4 cm³/mol. The highest BCUT2D eigenvalue weighted by Gasteiger charge is 2.15. The van der Waals surface area contributed by atoms with E-state index in [4.69, 9.17) is 5.73 Å². The van der Waals surface area contributed by atoms with Crippen molar-refractivity contribution in [1.29, 1.82) is 0 Å². The number of aromatic nitrogens is 6. The minimum Gasteiger partial charge on any atom is -0.378 e. The van der Waals surface area contributed by atoms with Gasteiger partial charge in [0.2, 0.25) is 11.6 Å². The van der Waals surface area contributed by atoms with Gasteiger partial charge in [0, 0.05) is 17.1 Å². The van der Waals surface area contributed by atoms with E-state index in [1.54, 1.807) is 6.20 Å². The summed E-state index contributed by atoms with van der Waals surface area (Å²) in [6.45, 7) is 0. The molecule has 3 N–H and O–H groups in total. The molecule has 0 aliphatic carbocycles. The van der Waals surface area contributed by atoms with Gasteiger partial charge in [-0.15, -0.1) is 5.10 Å². The summed E-state index contributed by atoms with van der Waals surface area (Å²) < 4.78 is 5.66. The van der Waals surface area contributed by atoms with Gasteiger partial charge in [-0.05, 0) is 22.4 Å². The second-order valence-electron chi connectivity index (χ2n) is 5.14. The molecule has 0 fully saturated rings. The summed E-state index contributed by atoms with van der Waals surface area (Å²) in [5.41, 5.74) is 9.64. The first-order chi connectivity index (χ1) is 12.7. The number of benzene rings is 1. The van der Waals surface area contributed by atoms with Gasteiger partial charge in [0.25, 0.3) is 5.91 Å². The van der Waals surface area contributed by atoms with Gasteiger partial charge in [-0.3, -0.25) is 9.78 Å². The Bertz CT molecular complexity index is 1110. The number of nitrogens with zero attached hydrogens (tertiary/aromatic N) is 7. The van der Waals surface area contributed by atoms with Crippen LogP contribution in [0.25, 0.3) is 16.7 Å². The molecule has 3 aromatic heterocycles. The molecule has 0 atom stereocenters. The quantitative estimate of drug-likeness (QED) is 0.400. The van der Waals surface area contributed by atoms with Crippen molar-refractivity contribution >= 4 is 28.8 Å². The Morgan fingerprint density at radius 1 is 1.27 bits per heavy atom. The lowest BCUT2D eigenvalue weighted by molar-refractivity contribution is 0.0950. The topological polar surface area (TPSA) is 150 Å². The molecule has 11 nitrogen and oxygen atoms in total. The standard InChI is InChI=1S/C15H11N9O2/c16-13-14(22-26-21-13)24-8-12(19-23-24)15(25)20-18-7-9-3-1-5-11-10(9)4-2-6-17-11/h1-8H,(H2,16,21)(H,20,25)/b18-7+. The highest BCUT2D eigenvalue weighted by atomic mass is 16.6. The minimum absolute atomic E-state index is 0.0316. The van der Waals surface area contributed by atoms with Crippen LogP contribution < -0.4 is 11.2 Å². The SMILES string of the molecule is Nc1nonc1-n1cc(C(=O)N/N=C/c2cccc3ncccc23)nn1. The Kier molecular flexibility index (Phi) is 3.78. The zero-order valence-electron chi connectivity index (χ0n) is 13.1. The van der Waals surface area contributed by atoms with Crippen LogP contribution in [0, 0.1) is 0 Å². The smallest absolute Gasteiger partial charge is 0.293 e. The molecule has 0 unspecified atom stereocenters. The average Bonchev–Trinajstić information content (AvgIpc) is 3.30. The molecule has 128 valence electrons. The zero-order valence-corrected chi connectivity index (χ0v) is 13.1. The van der Waals surface area contributed by atoms with Crippen LogP contribution in [0.5, 0.6) is 0 Å².